The highest BCUT2D eigenvalue weighted by atomic mass is 28.1. The number of unbranched alkanes of at least 4 members (excludes halogenated alkanes) is 2. The largest absolute Gasteiger partial charge is 0.379 e. The topological polar surface area (TPSA) is 9.23 Å². The van der Waals surface area contributed by atoms with Gasteiger partial charge >= 0.3 is 0 Å². The highest BCUT2D eigenvalue weighted by molar-refractivity contribution is 6.14. The van der Waals surface area contributed by atoms with Crippen LogP contribution in [0.3, 0.4) is 0 Å². The molecule has 0 N–H and O–H groups in total. The summed E-state index contributed by atoms with van der Waals surface area (Å²) in [5.74, 6) is 0.793. The molecule has 0 aliphatic carbocycles. The summed E-state index contributed by atoms with van der Waals surface area (Å²) in [6, 6.07) is 0. The zero-order chi connectivity index (χ0) is 10.4. The molecular formula is C12H26OSi. The molecule has 14 heavy (non-hydrogen) atoms. The number of hydrogen-bond acceptors (Lipinski definition) is 1. The molecule has 0 saturated carbocycles. The van der Waals surface area contributed by atoms with Gasteiger partial charge < -0.3 is 4.74 Å². The molecular weight excluding hydrogens is 188 g/mol. The van der Waals surface area contributed by atoms with E-state index in [1.54, 1.807) is 0 Å². The van der Waals surface area contributed by atoms with Crippen molar-refractivity contribution in [3.63, 3.8) is 0 Å². The maximum atomic E-state index is 6.02. The second kappa shape index (κ2) is 5.91. The Labute approximate surface area is 92.0 Å². The third-order valence-corrected chi connectivity index (χ3v) is 5.56. The monoisotopic (exact) mass is 214 g/mol. The lowest BCUT2D eigenvalue weighted by Crippen LogP contribution is -2.43. The fraction of sp³-hybridized carbons (Fsp3) is 1.00. The average molecular weight is 214 g/mol. The lowest BCUT2D eigenvalue weighted by molar-refractivity contribution is -0.0533. The fourth-order valence-corrected chi connectivity index (χ4v) is 3.20. The third kappa shape index (κ3) is 3.39. The number of rotatable bonds is 5. The van der Waals surface area contributed by atoms with Crippen molar-refractivity contribution in [3.05, 3.63) is 0 Å². The molecule has 0 aromatic heterocycles. The third-order valence-electron chi connectivity index (χ3n) is 3.78. The molecule has 0 aromatic carbocycles. The number of ether oxygens (including phenoxy) is 1. The Morgan fingerprint density at radius 1 is 1.36 bits per heavy atom. The second-order valence-electron chi connectivity index (χ2n) is 5.02. The van der Waals surface area contributed by atoms with Crippen LogP contribution in [0.15, 0.2) is 0 Å². The molecule has 1 aliphatic rings. The summed E-state index contributed by atoms with van der Waals surface area (Å²) in [5, 5.41) is 0.325. The van der Waals surface area contributed by atoms with Crippen LogP contribution < -0.4 is 0 Å². The van der Waals surface area contributed by atoms with Gasteiger partial charge in [-0.2, -0.15) is 0 Å². The zero-order valence-corrected chi connectivity index (χ0v) is 12.1. The van der Waals surface area contributed by atoms with Crippen LogP contribution in [0, 0.1) is 5.92 Å². The van der Waals surface area contributed by atoms with Crippen molar-refractivity contribution in [3.8, 4) is 0 Å². The summed E-state index contributed by atoms with van der Waals surface area (Å²) in [6.07, 6.45) is 9.49. The van der Waals surface area contributed by atoms with Crippen molar-refractivity contribution >= 4 is 10.2 Å². The van der Waals surface area contributed by atoms with Crippen LogP contribution in [0.5, 0.6) is 0 Å². The van der Waals surface area contributed by atoms with E-state index in [0.717, 1.165) is 12.5 Å². The lowest BCUT2D eigenvalue weighted by Gasteiger charge is -2.39. The van der Waals surface area contributed by atoms with Gasteiger partial charge in [0.25, 0.3) is 0 Å². The molecule has 0 aromatic rings. The van der Waals surface area contributed by atoms with E-state index in [1.165, 1.54) is 55.2 Å². The molecule has 0 spiro atoms. The first kappa shape index (κ1) is 12.2. The van der Waals surface area contributed by atoms with E-state index in [-0.39, 0.29) is 0 Å². The minimum absolute atomic E-state index is 0.325. The van der Waals surface area contributed by atoms with Crippen LogP contribution in [0.1, 0.15) is 58.8 Å². The van der Waals surface area contributed by atoms with Crippen LogP contribution in [0.25, 0.3) is 0 Å². The van der Waals surface area contributed by atoms with Crippen molar-refractivity contribution in [1.29, 1.82) is 0 Å². The van der Waals surface area contributed by atoms with E-state index in [1.807, 2.05) is 0 Å². The van der Waals surface area contributed by atoms with Gasteiger partial charge in [-0.1, -0.05) is 33.1 Å². The molecule has 2 atom stereocenters. The van der Waals surface area contributed by atoms with E-state index in [4.69, 9.17) is 4.74 Å². The van der Waals surface area contributed by atoms with E-state index >= 15 is 0 Å². The first-order valence-electron chi connectivity index (χ1n) is 6.33. The summed E-state index contributed by atoms with van der Waals surface area (Å²) < 4.78 is 6.02. The van der Waals surface area contributed by atoms with Gasteiger partial charge in [-0.25, -0.2) is 0 Å². The van der Waals surface area contributed by atoms with Gasteiger partial charge in [0, 0.05) is 16.8 Å². The van der Waals surface area contributed by atoms with Crippen molar-refractivity contribution < 1.29 is 4.74 Å². The molecule has 1 nitrogen and oxygen atoms in total. The molecule has 0 amide bonds. The molecule has 1 heterocycles. The summed E-state index contributed by atoms with van der Waals surface area (Å²) in [5.41, 5.74) is 0. The quantitative estimate of drug-likeness (QED) is 0.505. The molecule has 2 heteroatoms. The van der Waals surface area contributed by atoms with Crippen LogP contribution >= 0.6 is 0 Å². The van der Waals surface area contributed by atoms with Crippen molar-refractivity contribution in [1.82, 2.24) is 0 Å². The van der Waals surface area contributed by atoms with Crippen LogP contribution in [-0.2, 0) is 4.74 Å². The SMILES string of the molecule is CCCCCC(C)C1([SiH3])CCCCO1. The Morgan fingerprint density at radius 2 is 2.14 bits per heavy atom. The molecule has 2 unspecified atom stereocenters. The van der Waals surface area contributed by atoms with Gasteiger partial charge in [-0.3, -0.25) is 0 Å². The smallest absolute Gasteiger partial charge is 0.0510 e. The Hall–Kier alpha value is 0.177. The predicted molar refractivity (Wildman–Crippen MR) is 65.8 cm³/mol. The van der Waals surface area contributed by atoms with Crippen LogP contribution in [0.2, 0.25) is 0 Å². The highest BCUT2D eigenvalue weighted by Gasteiger charge is 2.32. The molecule has 1 aliphatic heterocycles. The Morgan fingerprint density at radius 3 is 2.71 bits per heavy atom. The Kier molecular flexibility index (Phi) is 5.17. The predicted octanol–water partition coefficient (Wildman–Crippen LogP) is 2.47. The minimum Gasteiger partial charge on any atom is -0.379 e. The maximum absolute atomic E-state index is 6.02. The Bertz CT molecular complexity index is 152. The average Bonchev–Trinajstić information content (AvgIpc) is 2.19. The van der Waals surface area contributed by atoms with E-state index in [0.29, 0.717) is 5.22 Å². The molecule has 0 bridgehead atoms. The summed E-state index contributed by atoms with van der Waals surface area (Å²) >= 11 is 0. The van der Waals surface area contributed by atoms with Crippen molar-refractivity contribution in [2.24, 2.45) is 5.92 Å². The summed E-state index contributed by atoms with van der Waals surface area (Å²) in [4.78, 5) is 0. The molecule has 0 radical (unpaired) electrons. The van der Waals surface area contributed by atoms with Crippen LogP contribution in [0.4, 0.5) is 0 Å². The second-order valence-corrected chi connectivity index (χ2v) is 6.71. The standard InChI is InChI=1S/C12H26OSi/c1-3-4-5-8-11(2)12(14)9-6-7-10-13-12/h11H,3-10H2,1-2,14H3. The van der Waals surface area contributed by atoms with Gasteiger partial charge in [-0.15, -0.1) is 0 Å². The Balaban J connectivity index is 2.29. The molecule has 1 fully saturated rings. The molecule has 84 valence electrons. The summed E-state index contributed by atoms with van der Waals surface area (Å²) in [7, 11) is 1.21. The van der Waals surface area contributed by atoms with Gasteiger partial charge in [0.15, 0.2) is 0 Å². The van der Waals surface area contributed by atoms with E-state index < -0.39 is 0 Å². The van der Waals surface area contributed by atoms with E-state index in [9.17, 15) is 0 Å². The van der Waals surface area contributed by atoms with Gasteiger partial charge in [0.05, 0.1) is 5.22 Å². The van der Waals surface area contributed by atoms with Gasteiger partial charge in [-0.05, 0) is 31.6 Å². The normalized spacial score (nSPS) is 30.4. The maximum Gasteiger partial charge on any atom is 0.0510 e. The molecule has 1 saturated heterocycles. The fourth-order valence-electron chi connectivity index (χ4n) is 2.35. The lowest BCUT2D eigenvalue weighted by atomic mass is 9.91. The first-order chi connectivity index (χ1) is 6.69. The minimum atomic E-state index is 0.325. The number of hydrogen-bond donors (Lipinski definition) is 0. The van der Waals surface area contributed by atoms with E-state index in [2.05, 4.69) is 13.8 Å². The van der Waals surface area contributed by atoms with Crippen molar-refractivity contribution in [2.45, 2.75) is 64.0 Å². The van der Waals surface area contributed by atoms with Gasteiger partial charge in [0.2, 0.25) is 0 Å². The van der Waals surface area contributed by atoms with Crippen LogP contribution in [-0.4, -0.2) is 22.1 Å². The zero-order valence-electron chi connectivity index (χ0n) is 10.1. The summed E-state index contributed by atoms with van der Waals surface area (Å²) in [6.45, 7) is 5.69. The highest BCUT2D eigenvalue weighted by Crippen LogP contribution is 2.32. The first-order valence-corrected chi connectivity index (χ1v) is 7.33. The van der Waals surface area contributed by atoms with Crippen molar-refractivity contribution in [2.75, 3.05) is 6.61 Å². The molecule has 1 rings (SSSR count). The van der Waals surface area contributed by atoms with Gasteiger partial charge in [0.1, 0.15) is 0 Å².